The van der Waals surface area contributed by atoms with Gasteiger partial charge >= 0.3 is 4.87 Å². The van der Waals surface area contributed by atoms with E-state index in [-0.39, 0.29) is 21.9 Å². The zero-order chi connectivity index (χ0) is 21.5. The molecule has 0 saturated carbocycles. The number of amides is 2. The Morgan fingerprint density at radius 1 is 1.03 bits per heavy atom. The fourth-order valence-corrected chi connectivity index (χ4v) is 4.81. The number of aliphatic imine (C=N–C) groups is 1. The van der Waals surface area contributed by atoms with Gasteiger partial charge in [-0.25, -0.2) is 4.90 Å². The molecule has 0 unspecified atom stereocenters. The number of anilines is 1. The predicted octanol–water partition coefficient (Wildman–Crippen LogP) is 4.64. The highest BCUT2D eigenvalue weighted by molar-refractivity contribution is 8.19. The normalized spacial score (nSPS) is 17.9. The average Bonchev–Trinajstić information content (AvgIpc) is 3.38. The topological polar surface area (TPSA) is 103 Å². The number of nitrogens with zero attached hydrogens (tertiary/aromatic N) is 2. The summed E-state index contributed by atoms with van der Waals surface area (Å²) in [4.78, 5) is 45.2. The van der Waals surface area contributed by atoms with Crippen LogP contribution in [0.1, 0.15) is 16.0 Å². The van der Waals surface area contributed by atoms with Crippen LogP contribution in [0.25, 0.3) is 17.7 Å². The van der Waals surface area contributed by atoms with E-state index < -0.39 is 0 Å². The van der Waals surface area contributed by atoms with Gasteiger partial charge in [0.2, 0.25) is 5.88 Å². The minimum absolute atomic E-state index is 0.211. The summed E-state index contributed by atoms with van der Waals surface area (Å²) in [6, 6.07) is 14.4. The van der Waals surface area contributed by atoms with Crippen molar-refractivity contribution in [1.29, 1.82) is 0 Å². The third kappa shape index (κ3) is 3.54. The Labute approximate surface area is 184 Å². The first-order chi connectivity index (χ1) is 15.0. The standard InChI is InChI=1S/C22H13N3O4S2/c26-19-17(30-21(28)24-19)9-13-11-23-16-7-6-14(10-15(13)16)25-20(27)18(31-22(25)29)8-12-4-2-1-3-5-12/h1-11,26H,(H,24,28)/b13-9?,18-8-. The molecule has 1 saturated heterocycles. The number of carbonyl (C=O) groups excluding carboxylic acids is 2. The molecule has 0 bridgehead atoms. The minimum atomic E-state index is -0.384. The van der Waals surface area contributed by atoms with Crippen molar-refractivity contribution in [3.8, 4) is 5.88 Å². The van der Waals surface area contributed by atoms with Crippen molar-refractivity contribution in [1.82, 2.24) is 4.98 Å². The number of hydrogen-bond acceptors (Lipinski definition) is 7. The maximum absolute atomic E-state index is 12.9. The fourth-order valence-electron chi connectivity index (χ4n) is 3.29. The number of allylic oxidation sites excluding steroid dienone is 1. The number of nitrogens with one attached hydrogen (secondary N) is 1. The Hall–Kier alpha value is -3.69. The molecule has 0 aliphatic carbocycles. The van der Waals surface area contributed by atoms with Gasteiger partial charge in [0.25, 0.3) is 11.1 Å². The molecule has 5 rings (SSSR count). The number of aromatic amines is 1. The van der Waals surface area contributed by atoms with E-state index in [0.29, 0.717) is 32.3 Å². The van der Waals surface area contributed by atoms with Crippen LogP contribution in [0.4, 0.5) is 16.2 Å². The number of thioether (sulfide) groups is 1. The molecule has 2 aromatic carbocycles. The van der Waals surface area contributed by atoms with Crippen LogP contribution in [0.3, 0.4) is 0 Å². The highest BCUT2D eigenvalue weighted by Crippen LogP contribution is 2.40. The van der Waals surface area contributed by atoms with Gasteiger partial charge in [0.15, 0.2) is 0 Å². The first-order valence-electron chi connectivity index (χ1n) is 9.15. The highest BCUT2D eigenvalue weighted by atomic mass is 32.2. The summed E-state index contributed by atoms with van der Waals surface area (Å²) < 4.78 is 0. The van der Waals surface area contributed by atoms with Crippen molar-refractivity contribution in [2.24, 2.45) is 4.99 Å². The molecular formula is C22H13N3O4S2. The Kier molecular flexibility index (Phi) is 4.68. The number of benzene rings is 2. The lowest BCUT2D eigenvalue weighted by molar-refractivity contribution is -0.113. The van der Waals surface area contributed by atoms with Crippen molar-refractivity contribution in [3.05, 3.63) is 79.1 Å². The van der Waals surface area contributed by atoms with Gasteiger partial charge < -0.3 is 5.11 Å². The molecule has 0 radical (unpaired) electrons. The molecule has 1 fully saturated rings. The maximum atomic E-state index is 12.9. The molecule has 0 atom stereocenters. The molecule has 2 N–H and O–H groups in total. The zero-order valence-electron chi connectivity index (χ0n) is 15.7. The van der Waals surface area contributed by atoms with E-state index in [1.807, 2.05) is 30.3 Å². The SMILES string of the molecule is O=C1S/C(=C\c2ccccc2)C(=O)N1c1ccc2c(c1)C(=Cc1sc(=O)[nH]c1O)C=N2. The van der Waals surface area contributed by atoms with E-state index in [9.17, 15) is 19.5 Å². The quantitative estimate of drug-likeness (QED) is 0.570. The maximum Gasteiger partial charge on any atom is 0.307 e. The van der Waals surface area contributed by atoms with Gasteiger partial charge in [-0.3, -0.25) is 24.4 Å². The van der Waals surface area contributed by atoms with Crippen LogP contribution >= 0.6 is 23.1 Å². The second kappa shape index (κ2) is 7.53. The molecule has 3 aromatic rings. The van der Waals surface area contributed by atoms with E-state index >= 15 is 0 Å². The van der Waals surface area contributed by atoms with Gasteiger partial charge in [-0.2, -0.15) is 0 Å². The Morgan fingerprint density at radius 2 is 1.84 bits per heavy atom. The molecule has 9 heteroatoms. The number of fused-ring (bicyclic) bond motifs is 1. The lowest BCUT2D eigenvalue weighted by Gasteiger charge is -2.14. The summed E-state index contributed by atoms with van der Waals surface area (Å²) >= 11 is 1.77. The Balaban J connectivity index is 1.50. The summed E-state index contributed by atoms with van der Waals surface area (Å²) in [5.74, 6) is -0.595. The van der Waals surface area contributed by atoms with Crippen LogP contribution in [-0.2, 0) is 4.79 Å². The van der Waals surface area contributed by atoms with Crippen LogP contribution in [0.5, 0.6) is 5.88 Å². The van der Waals surface area contributed by atoms with E-state index in [1.165, 1.54) is 0 Å². The molecule has 2 aliphatic rings. The van der Waals surface area contributed by atoms with Gasteiger partial charge in [0, 0.05) is 17.4 Å². The number of carbonyl (C=O) groups is 2. The van der Waals surface area contributed by atoms with Crippen LogP contribution in [0, 0.1) is 0 Å². The number of hydrogen-bond donors (Lipinski definition) is 2. The smallest absolute Gasteiger partial charge is 0.307 e. The molecule has 0 spiro atoms. The molecular weight excluding hydrogens is 434 g/mol. The predicted molar refractivity (Wildman–Crippen MR) is 124 cm³/mol. The van der Waals surface area contributed by atoms with Crippen molar-refractivity contribution in [2.75, 3.05) is 4.90 Å². The van der Waals surface area contributed by atoms with Crippen molar-refractivity contribution >= 4 is 69.6 Å². The average molecular weight is 447 g/mol. The molecule has 31 heavy (non-hydrogen) atoms. The molecule has 1 aromatic heterocycles. The molecule has 2 aliphatic heterocycles. The van der Waals surface area contributed by atoms with Crippen LogP contribution in [-0.4, -0.2) is 27.5 Å². The molecule has 2 amide bonds. The van der Waals surface area contributed by atoms with E-state index in [4.69, 9.17) is 0 Å². The number of imide groups is 1. The van der Waals surface area contributed by atoms with Crippen LogP contribution in [0.15, 0.2) is 63.2 Å². The monoisotopic (exact) mass is 447 g/mol. The first-order valence-corrected chi connectivity index (χ1v) is 10.8. The van der Waals surface area contributed by atoms with Gasteiger partial charge in [0.05, 0.1) is 21.2 Å². The lowest BCUT2D eigenvalue weighted by Crippen LogP contribution is -2.27. The zero-order valence-corrected chi connectivity index (χ0v) is 17.4. The molecule has 7 nitrogen and oxygen atoms in total. The van der Waals surface area contributed by atoms with E-state index in [2.05, 4.69) is 9.98 Å². The summed E-state index contributed by atoms with van der Waals surface area (Å²) in [6.45, 7) is 0. The second-order valence-electron chi connectivity index (χ2n) is 6.71. The molecule has 3 heterocycles. The van der Waals surface area contributed by atoms with Gasteiger partial charge in [0.1, 0.15) is 0 Å². The summed E-state index contributed by atoms with van der Waals surface area (Å²) in [7, 11) is 0. The molecule has 152 valence electrons. The van der Waals surface area contributed by atoms with Crippen LogP contribution < -0.4 is 9.77 Å². The van der Waals surface area contributed by atoms with Crippen LogP contribution in [0.2, 0.25) is 0 Å². The summed E-state index contributed by atoms with van der Waals surface area (Å²) in [6.07, 6.45) is 4.95. The highest BCUT2D eigenvalue weighted by Gasteiger charge is 2.36. The summed E-state index contributed by atoms with van der Waals surface area (Å²) in [5, 5.41) is 9.47. The van der Waals surface area contributed by atoms with Gasteiger partial charge in [-0.05, 0) is 47.7 Å². The number of H-pyrrole nitrogens is 1. The number of aromatic hydroxyl groups is 1. The van der Waals surface area contributed by atoms with E-state index in [0.717, 1.165) is 33.6 Å². The second-order valence-corrected chi connectivity index (χ2v) is 8.72. The largest absolute Gasteiger partial charge is 0.493 e. The first kappa shape index (κ1) is 19.3. The Morgan fingerprint density at radius 3 is 2.58 bits per heavy atom. The van der Waals surface area contributed by atoms with Crippen molar-refractivity contribution in [2.45, 2.75) is 0 Å². The van der Waals surface area contributed by atoms with Gasteiger partial charge in [-0.15, -0.1) is 0 Å². The van der Waals surface area contributed by atoms with Gasteiger partial charge in [-0.1, -0.05) is 41.7 Å². The number of thiazole rings is 1. The fraction of sp³-hybridized carbons (Fsp3) is 0. The number of rotatable bonds is 3. The Bertz CT molecular complexity index is 1380. The summed E-state index contributed by atoms with van der Waals surface area (Å²) in [5.41, 5.74) is 3.30. The van der Waals surface area contributed by atoms with E-state index in [1.54, 1.807) is 36.6 Å². The number of aromatic nitrogens is 1. The van der Waals surface area contributed by atoms with Crippen molar-refractivity contribution < 1.29 is 14.7 Å². The minimum Gasteiger partial charge on any atom is -0.493 e. The third-order valence-corrected chi connectivity index (χ3v) is 6.41. The lowest BCUT2D eigenvalue weighted by atomic mass is 10.1. The van der Waals surface area contributed by atoms with Crippen molar-refractivity contribution in [3.63, 3.8) is 0 Å². The third-order valence-electron chi connectivity index (χ3n) is 4.73.